The van der Waals surface area contributed by atoms with Gasteiger partial charge in [0.15, 0.2) is 0 Å². The number of hydrogen-bond donors (Lipinski definition) is 1. The molecule has 80 valence electrons. The molecule has 0 amide bonds. The summed E-state index contributed by atoms with van der Waals surface area (Å²) < 4.78 is 5.29. The fourth-order valence-corrected chi connectivity index (χ4v) is 1.99. The van der Waals surface area contributed by atoms with Crippen molar-refractivity contribution in [3.63, 3.8) is 0 Å². The molecule has 0 fully saturated rings. The fraction of sp³-hybridized carbons (Fsp3) is 0.700. The smallest absolute Gasteiger partial charge is 0.273 e. The summed E-state index contributed by atoms with van der Waals surface area (Å²) >= 11 is 1.52. The van der Waals surface area contributed by atoms with Gasteiger partial charge >= 0.3 is 0 Å². The van der Waals surface area contributed by atoms with Crippen LogP contribution in [-0.4, -0.2) is 11.6 Å². The highest BCUT2D eigenvalue weighted by Crippen LogP contribution is 2.23. The number of aromatic nitrogens is 1. The molecule has 0 radical (unpaired) electrons. The van der Waals surface area contributed by atoms with Crippen LogP contribution in [-0.2, 0) is 0 Å². The molecule has 0 saturated carbocycles. The lowest BCUT2D eigenvalue weighted by Crippen LogP contribution is -2.10. The van der Waals surface area contributed by atoms with Gasteiger partial charge < -0.3 is 10.5 Å². The SMILES string of the molecule is CCCCC(N)c1csc(OCC)n1. The van der Waals surface area contributed by atoms with Gasteiger partial charge in [0.1, 0.15) is 0 Å². The first-order chi connectivity index (χ1) is 6.77. The molecule has 4 heteroatoms. The first-order valence-corrected chi connectivity index (χ1v) is 5.99. The van der Waals surface area contributed by atoms with Crippen LogP contribution in [0.1, 0.15) is 44.8 Å². The Bertz CT molecular complexity index is 262. The van der Waals surface area contributed by atoms with Crippen molar-refractivity contribution in [2.45, 2.75) is 39.2 Å². The monoisotopic (exact) mass is 214 g/mol. The maximum Gasteiger partial charge on any atom is 0.273 e. The molecule has 1 rings (SSSR count). The summed E-state index contributed by atoms with van der Waals surface area (Å²) in [5.74, 6) is 0. The standard InChI is InChI=1S/C10H18N2OS/c1-3-5-6-8(11)9-7-14-10(12-9)13-4-2/h7-8H,3-6,11H2,1-2H3. The van der Waals surface area contributed by atoms with Crippen molar-refractivity contribution >= 4 is 11.3 Å². The zero-order chi connectivity index (χ0) is 10.4. The lowest BCUT2D eigenvalue weighted by atomic mass is 10.1. The number of nitrogens with two attached hydrogens (primary N) is 1. The highest BCUT2D eigenvalue weighted by Gasteiger charge is 2.10. The molecular formula is C10H18N2OS. The summed E-state index contributed by atoms with van der Waals surface area (Å²) in [7, 11) is 0. The van der Waals surface area contributed by atoms with Gasteiger partial charge in [0.25, 0.3) is 5.19 Å². The van der Waals surface area contributed by atoms with E-state index in [1.54, 1.807) is 0 Å². The Kier molecular flexibility index (Phi) is 4.90. The van der Waals surface area contributed by atoms with Gasteiger partial charge in [-0.05, 0) is 13.3 Å². The van der Waals surface area contributed by atoms with E-state index >= 15 is 0 Å². The van der Waals surface area contributed by atoms with Crippen molar-refractivity contribution in [3.05, 3.63) is 11.1 Å². The van der Waals surface area contributed by atoms with Gasteiger partial charge in [-0.25, -0.2) is 4.98 Å². The van der Waals surface area contributed by atoms with Crippen molar-refractivity contribution in [1.82, 2.24) is 4.98 Å². The average Bonchev–Trinajstić information content (AvgIpc) is 2.63. The maximum atomic E-state index is 5.98. The minimum Gasteiger partial charge on any atom is -0.470 e. The van der Waals surface area contributed by atoms with E-state index < -0.39 is 0 Å². The zero-order valence-corrected chi connectivity index (χ0v) is 9.64. The van der Waals surface area contributed by atoms with Crippen molar-refractivity contribution in [2.24, 2.45) is 5.73 Å². The molecule has 1 atom stereocenters. The lowest BCUT2D eigenvalue weighted by Gasteiger charge is -2.06. The van der Waals surface area contributed by atoms with Crippen LogP contribution in [0.4, 0.5) is 0 Å². The third kappa shape index (κ3) is 3.27. The lowest BCUT2D eigenvalue weighted by molar-refractivity contribution is 0.336. The molecule has 1 heterocycles. The van der Waals surface area contributed by atoms with Gasteiger partial charge in [-0.1, -0.05) is 31.1 Å². The third-order valence-electron chi connectivity index (χ3n) is 2.02. The van der Waals surface area contributed by atoms with Crippen LogP contribution in [0.15, 0.2) is 5.38 Å². The summed E-state index contributed by atoms with van der Waals surface area (Å²) in [4.78, 5) is 4.32. The second kappa shape index (κ2) is 5.98. The Morgan fingerprint density at radius 3 is 3.00 bits per heavy atom. The van der Waals surface area contributed by atoms with E-state index in [2.05, 4.69) is 11.9 Å². The number of nitrogens with zero attached hydrogens (tertiary/aromatic N) is 1. The van der Waals surface area contributed by atoms with E-state index in [4.69, 9.17) is 10.5 Å². The van der Waals surface area contributed by atoms with Gasteiger partial charge in [-0.2, -0.15) is 0 Å². The van der Waals surface area contributed by atoms with Crippen LogP contribution in [0.2, 0.25) is 0 Å². The summed E-state index contributed by atoms with van der Waals surface area (Å²) in [6.07, 6.45) is 3.34. The first kappa shape index (κ1) is 11.5. The van der Waals surface area contributed by atoms with Gasteiger partial charge in [0.2, 0.25) is 0 Å². The molecule has 1 aromatic rings. The highest BCUT2D eigenvalue weighted by molar-refractivity contribution is 7.11. The molecule has 0 aliphatic heterocycles. The Balaban J connectivity index is 2.48. The highest BCUT2D eigenvalue weighted by atomic mass is 32.1. The Morgan fingerprint density at radius 1 is 1.57 bits per heavy atom. The van der Waals surface area contributed by atoms with Gasteiger partial charge in [-0.15, -0.1) is 0 Å². The topological polar surface area (TPSA) is 48.1 Å². The van der Waals surface area contributed by atoms with E-state index in [0.717, 1.165) is 23.7 Å². The Morgan fingerprint density at radius 2 is 2.36 bits per heavy atom. The zero-order valence-electron chi connectivity index (χ0n) is 8.82. The normalized spacial score (nSPS) is 12.8. The van der Waals surface area contributed by atoms with Crippen molar-refractivity contribution in [2.75, 3.05) is 6.61 Å². The number of ether oxygens (including phenoxy) is 1. The van der Waals surface area contributed by atoms with Crippen LogP contribution >= 0.6 is 11.3 Å². The predicted molar refractivity (Wildman–Crippen MR) is 59.7 cm³/mol. The van der Waals surface area contributed by atoms with Crippen LogP contribution in [0.3, 0.4) is 0 Å². The van der Waals surface area contributed by atoms with Crippen molar-refractivity contribution in [3.8, 4) is 5.19 Å². The summed E-state index contributed by atoms with van der Waals surface area (Å²) in [6, 6.07) is 0.0698. The molecule has 0 spiro atoms. The van der Waals surface area contributed by atoms with Crippen LogP contribution in [0.25, 0.3) is 0 Å². The third-order valence-corrected chi connectivity index (χ3v) is 2.79. The van der Waals surface area contributed by atoms with Crippen molar-refractivity contribution < 1.29 is 4.74 Å². The Hall–Kier alpha value is -0.610. The number of rotatable bonds is 6. The van der Waals surface area contributed by atoms with E-state index in [9.17, 15) is 0 Å². The fourth-order valence-electron chi connectivity index (χ4n) is 1.20. The minimum atomic E-state index is 0.0698. The second-order valence-corrected chi connectivity index (χ2v) is 4.04. The quantitative estimate of drug-likeness (QED) is 0.792. The minimum absolute atomic E-state index is 0.0698. The second-order valence-electron chi connectivity index (χ2n) is 3.22. The average molecular weight is 214 g/mol. The number of unbranched alkanes of at least 4 members (excludes halogenated alkanes) is 1. The largest absolute Gasteiger partial charge is 0.470 e. The number of hydrogen-bond acceptors (Lipinski definition) is 4. The molecule has 0 aliphatic carbocycles. The molecule has 1 unspecified atom stereocenters. The summed E-state index contributed by atoms with van der Waals surface area (Å²) in [5, 5.41) is 2.72. The molecule has 14 heavy (non-hydrogen) atoms. The van der Waals surface area contributed by atoms with Gasteiger partial charge in [0.05, 0.1) is 12.3 Å². The van der Waals surface area contributed by atoms with Crippen molar-refractivity contribution in [1.29, 1.82) is 0 Å². The van der Waals surface area contributed by atoms with E-state index in [1.165, 1.54) is 17.8 Å². The van der Waals surface area contributed by atoms with E-state index in [0.29, 0.717) is 6.61 Å². The van der Waals surface area contributed by atoms with Gasteiger partial charge in [-0.3, -0.25) is 0 Å². The molecule has 0 saturated heterocycles. The molecule has 0 aromatic carbocycles. The Labute approximate surface area is 89.3 Å². The summed E-state index contributed by atoms with van der Waals surface area (Å²) in [6.45, 7) is 4.79. The van der Waals surface area contributed by atoms with Crippen LogP contribution in [0.5, 0.6) is 5.19 Å². The molecule has 3 nitrogen and oxygen atoms in total. The predicted octanol–water partition coefficient (Wildman–Crippen LogP) is 2.73. The molecule has 0 aliphatic rings. The molecular weight excluding hydrogens is 196 g/mol. The first-order valence-electron chi connectivity index (χ1n) is 5.11. The number of thiazole rings is 1. The maximum absolute atomic E-state index is 5.98. The van der Waals surface area contributed by atoms with E-state index in [-0.39, 0.29) is 6.04 Å². The molecule has 1 aromatic heterocycles. The van der Waals surface area contributed by atoms with Crippen LogP contribution < -0.4 is 10.5 Å². The molecule has 0 bridgehead atoms. The molecule has 2 N–H and O–H groups in total. The van der Waals surface area contributed by atoms with Gasteiger partial charge in [0, 0.05) is 11.4 Å². The summed E-state index contributed by atoms with van der Waals surface area (Å²) in [5.41, 5.74) is 6.94. The van der Waals surface area contributed by atoms with Crippen LogP contribution in [0, 0.1) is 0 Å². The van der Waals surface area contributed by atoms with E-state index in [1.807, 2.05) is 12.3 Å².